The predicted molar refractivity (Wildman–Crippen MR) is 79.7 cm³/mol. The second kappa shape index (κ2) is 5.31. The van der Waals surface area contributed by atoms with Gasteiger partial charge in [0.05, 0.1) is 25.9 Å². The number of carbonyl (C=O) groups is 1. The third-order valence-corrected chi connectivity index (χ3v) is 4.96. The fourth-order valence-electron chi connectivity index (χ4n) is 3.65. The first-order valence-corrected chi connectivity index (χ1v) is 8.05. The number of anilines is 1. The summed E-state index contributed by atoms with van der Waals surface area (Å²) in [5.74, 6) is -1.25. The third kappa shape index (κ3) is 2.06. The molecule has 0 atom stereocenters. The number of piperazine rings is 1. The molecule has 2 saturated heterocycles. The highest BCUT2D eigenvalue weighted by molar-refractivity contribution is 6.06. The largest absolute Gasteiger partial charge is 0.336 e. The Morgan fingerprint density at radius 1 is 1.14 bits per heavy atom. The van der Waals surface area contributed by atoms with Gasteiger partial charge < -0.3 is 19.3 Å². The number of nitrogens with zero attached hydrogens (tertiary/aromatic N) is 1. The Morgan fingerprint density at radius 3 is 2.55 bits per heavy atom. The average molecular weight is 305 g/mol. The fourth-order valence-corrected chi connectivity index (χ4v) is 3.65. The van der Waals surface area contributed by atoms with Crippen LogP contribution >= 0.6 is 0 Å². The van der Waals surface area contributed by atoms with E-state index in [4.69, 9.17) is 9.47 Å². The fraction of sp³-hybridized carbons (Fsp3) is 0.562. The third-order valence-electron chi connectivity index (χ3n) is 4.96. The Balaban J connectivity index is 1.62. The van der Waals surface area contributed by atoms with E-state index < -0.39 is 5.79 Å². The summed E-state index contributed by atoms with van der Waals surface area (Å²) < 4.78 is 11.5. The van der Waals surface area contributed by atoms with Crippen molar-refractivity contribution in [2.24, 2.45) is 0 Å². The number of fused-ring (bicyclic) bond motifs is 2. The van der Waals surface area contributed by atoms with Crippen molar-refractivity contribution in [2.75, 3.05) is 58.0 Å². The van der Waals surface area contributed by atoms with Crippen LogP contribution in [0.1, 0.15) is 5.56 Å². The number of quaternary nitrogens is 2. The molecule has 1 aromatic carbocycles. The molecule has 1 aromatic rings. The second-order valence-electron chi connectivity index (χ2n) is 6.43. The summed E-state index contributed by atoms with van der Waals surface area (Å²) in [5.41, 5.74) is 1.80. The molecule has 0 aromatic heterocycles. The molecule has 0 bridgehead atoms. The van der Waals surface area contributed by atoms with E-state index in [1.54, 1.807) is 4.90 Å². The number of hydrogen-bond acceptors (Lipinski definition) is 3. The molecule has 4 rings (SSSR count). The lowest BCUT2D eigenvalue weighted by atomic mass is 10.1. The Labute approximate surface area is 130 Å². The molecule has 22 heavy (non-hydrogen) atoms. The highest BCUT2D eigenvalue weighted by atomic mass is 16.7. The van der Waals surface area contributed by atoms with Gasteiger partial charge in [0.2, 0.25) is 0 Å². The maximum Gasteiger partial charge on any atom is 0.296 e. The number of nitrogens with one attached hydrogen (secondary N) is 2. The van der Waals surface area contributed by atoms with Gasteiger partial charge in [-0.2, -0.15) is 0 Å². The first kappa shape index (κ1) is 14.1. The van der Waals surface area contributed by atoms with Gasteiger partial charge in [-0.05, 0) is 6.07 Å². The number of rotatable bonds is 2. The van der Waals surface area contributed by atoms with Crippen molar-refractivity contribution in [3.05, 3.63) is 29.8 Å². The monoisotopic (exact) mass is 305 g/mol. The molecule has 2 fully saturated rings. The molecule has 3 aliphatic rings. The summed E-state index contributed by atoms with van der Waals surface area (Å²) in [4.78, 5) is 17.9. The number of benzene rings is 1. The summed E-state index contributed by atoms with van der Waals surface area (Å²) in [5, 5.41) is 0. The van der Waals surface area contributed by atoms with Gasteiger partial charge in [0.1, 0.15) is 26.2 Å². The zero-order chi connectivity index (χ0) is 15.2. The smallest absolute Gasteiger partial charge is 0.296 e. The lowest BCUT2D eigenvalue weighted by molar-refractivity contribution is -1.00. The molecule has 3 heterocycles. The molecule has 0 aliphatic carbocycles. The highest BCUT2D eigenvalue weighted by Gasteiger charge is 2.56. The van der Waals surface area contributed by atoms with Crippen LogP contribution in [0.15, 0.2) is 24.3 Å². The number of amides is 1. The number of ether oxygens (including phenoxy) is 2. The van der Waals surface area contributed by atoms with E-state index in [1.807, 2.05) is 29.2 Å². The standard InChI is InChI=1S/C16H21N3O3/c1-17-6-8-18(9-7-17)12-19-14-5-3-2-4-13(14)16(15(19)20)21-10-11-22-16/h2-5H,6-12H2,1H3/p+2. The van der Waals surface area contributed by atoms with Crippen molar-refractivity contribution in [2.45, 2.75) is 5.79 Å². The van der Waals surface area contributed by atoms with Crippen LogP contribution in [0.5, 0.6) is 0 Å². The Morgan fingerprint density at radius 2 is 1.82 bits per heavy atom. The first-order valence-electron chi connectivity index (χ1n) is 8.05. The maximum absolute atomic E-state index is 13.0. The molecule has 1 spiro atoms. The van der Waals surface area contributed by atoms with Crippen LogP contribution in [-0.2, 0) is 20.1 Å². The predicted octanol–water partition coefficient (Wildman–Crippen LogP) is -2.40. The van der Waals surface area contributed by atoms with E-state index in [2.05, 4.69) is 7.05 Å². The Hall–Kier alpha value is -1.47. The van der Waals surface area contributed by atoms with Gasteiger partial charge in [-0.1, -0.05) is 18.2 Å². The molecule has 6 nitrogen and oxygen atoms in total. The van der Waals surface area contributed by atoms with Crippen molar-refractivity contribution < 1.29 is 24.1 Å². The minimum absolute atomic E-state index is 0.0648. The Kier molecular flexibility index (Phi) is 3.41. The van der Waals surface area contributed by atoms with Crippen LogP contribution in [0, 0.1) is 0 Å². The summed E-state index contributed by atoms with van der Waals surface area (Å²) in [6.45, 7) is 6.11. The molecule has 0 unspecified atom stereocenters. The minimum atomic E-state index is -1.19. The maximum atomic E-state index is 13.0. The summed E-state index contributed by atoms with van der Waals surface area (Å²) in [7, 11) is 2.22. The molecular weight excluding hydrogens is 282 g/mol. The van der Waals surface area contributed by atoms with E-state index in [-0.39, 0.29) is 5.91 Å². The number of likely N-dealkylation sites (N-methyl/N-ethyl adjacent to an activating group) is 1. The van der Waals surface area contributed by atoms with Crippen molar-refractivity contribution in [3.8, 4) is 0 Å². The van der Waals surface area contributed by atoms with E-state index in [0.717, 1.165) is 37.4 Å². The number of para-hydroxylation sites is 1. The van der Waals surface area contributed by atoms with Gasteiger partial charge in [-0.25, -0.2) is 0 Å². The zero-order valence-electron chi connectivity index (χ0n) is 12.9. The summed E-state index contributed by atoms with van der Waals surface area (Å²) >= 11 is 0. The minimum Gasteiger partial charge on any atom is -0.336 e. The lowest BCUT2D eigenvalue weighted by Gasteiger charge is -2.30. The van der Waals surface area contributed by atoms with Crippen molar-refractivity contribution in [1.82, 2.24) is 0 Å². The van der Waals surface area contributed by atoms with Crippen molar-refractivity contribution >= 4 is 11.6 Å². The number of hydrogen-bond donors (Lipinski definition) is 2. The normalized spacial score (nSPS) is 30.0. The van der Waals surface area contributed by atoms with Crippen LogP contribution in [0.2, 0.25) is 0 Å². The van der Waals surface area contributed by atoms with Gasteiger partial charge in [0.15, 0.2) is 6.67 Å². The number of carbonyl (C=O) groups excluding carboxylic acids is 1. The average Bonchev–Trinajstić information content (AvgIpc) is 3.11. The van der Waals surface area contributed by atoms with E-state index in [1.165, 1.54) is 4.90 Å². The van der Waals surface area contributed by atoms with Crippen LogP contribution < -0.4 is 14.7 Å². The molecule has 6 heteroatoms. The molecule has 3 aliphatic heterocycles. The molecule has 2 N–H and O–H groups in total. The SMILES string of the molecule is C[NH+]1CC[NH+](CN2C(=O)C3(OCCO3)c3ccccc32)CC1. The van der Waals surface area contributed by atoms with Gasteiger partial charge >= 0.3 is 0 Å². The van der Waals surface area contributed by atoms with Crippen molar-refractivity contribution in [3.63, 3.8) is 0 Å². The summed E-state index contributed by atoms with van der Waals surface area (Å²) in [6.07, 6.45) is 0. The lowest BCUT2D eigenvalue weighted by Crippen LogP contribution is -3.27. The topological polar surface area (TPSA) is 47.7 Å². The molecule has 1 amide bonds. The van der Waals surface area contributed by atoms with Gasteiger partial charge in [-0.3, -0.25) is 9.69 Å². The quantitative estimate of drug-likeness (QED) is 0.641. The van der Waals surface area contributed by atoms with E-state index >= 15 is 0 Å². The Bertz CT molecular complexity index is 578. The first-order chi connectivity index (χ1) is 10.7. The van der Waals surface area contributed by atoms with E-state index in [9.17, 15) is 4.79 Å². The summed E-state index contributed by atoms with van der Waals surface area (Å²) in [6, 6.07) is 7.85. The van der Waals surface area contributed by atoms with E-state index in [0.29, 0.717) is 19.9 Å². The molecule has 0 radical (unpaired) electrons. The van der Waals surface area contributed by atoms with Crippen LogP contribution in [0.4, 0.5) is 5.69 Å². The molecular formula is C16H23N3O3+2. The molecule has 0 saturated carbocycles. The van der Waals surface area contributed by atoms with Gasteiger partial charge in [0, 0.05) is 5.56 Å². The van der Waals surface area contributed by atoms with Crippen molar-refractivity contribution in [1.29, 1.82) is 0 Å². The second-order valence-corrected chi connectivity index (χ2v) is 6.43. The van der Waals surface area contributed by atoms with Gasteiger partial charge in [-0.15, -0.1) is 0 Å². The van der Waals surface area contributed by atoms with Crippen LogP contribution in [-0.4, -0.2) is 59.0 Å². The van der Waals surface area contributed by atoms with Gasteiger partial charge in [0.25, 0.3) is 11.7 Å². The van der Waals surface area contributed by atoms with Crippen LogP contribution in [0.3, 0.4) is 0 Å². The van der Waals surface area contributed by atoms with Crippen LogP contribution in [0.25, 0.3) is 0 Å². The highest BCUT2D eigenvalue weighted by Crippen LogP contribution is 2.44. The zero-order valence-corrected chi connectivity index (χ0v) is 12.9. The molecule has 118 valence electrons.